The molecule has 3 heterocycles. The van der Waals surface area contributed by atoms with Gasteiger partial charge in [0.25, 0.3) is 6.43 Å². The first kappa shape index (κ1) is 15.5. The quantitative estimate of drug-likeness (QED) is 0.684. The summed E-state index contributed by atoms with van der Waals surface area (Å²) in [6.45, 7) is 0.111. The van der Waals surface area contributed by atoms with Crippen LogP contribution in [0.4, 0.5) is 13.2 Å². The van der Waals surface area contributed by atoms with Crippen LogP contribution in [0.2, 0.25) is 5.15 Å². The van der Waals surface area contributed by atoms with Crippen LogP contribution < -0.4 is 0 Å². The number of halogens is 4. The van der Waals surface area contributed by atoms with Gasteiger partial charge in [-0.3, -0.25) is 4.68 Å². The van der Waals surface area contributed by atoms with Gasteiger partial charge in [-0.1, -0.05) is 11.6 Å². The zero-order valence-corrected chi connectivity index (χ0v) is 12.5. The smallest absolute Gasteiger partial charge is 0.281 e. The van der Waals surface area contributed by atoms with Crippen LogP contribution in [0.3, 0.4) is 0 Å². The molecule has 0 radical (unpaired) electrons. The number of hydrogen-bond acceptors (Lipinski definition) is 4. The van der Waals surface area contributed by atoms with E-state index in [-0.39, 0.29) is 23.1 Å². The van der Waals surface area contributed by atoms with Gasteiger partial charge in [-0.25, -0.2) is 28.1 Å². The molecule has 0 aliphatic carbocycles. The van der Waals surface area contributed by atoms with Gasteiger partial charge >= 0.3 is 0 Å². The first-order valence-electron chi connectivity index (χ1n) is 6.45. The van der Waals surface area contributed by atoms with Crippen molar-refractivity contribution in [2.45, 2.75) is 13.0 Å². The van der Waals surface area contributed by atoms with Gasteiger partial charge in [0, 0.05) is 25.0 Å². The van der Waals surface area contributed by atoms with Crippen LogP contribution >= 0.6 is 11.6 Å². The molecular formula is C13H10ClF3N6. The van der Waals surface area contributed by atoms with E-state index in [0.717, 1.165) is 6.07 Å². The van der Waals surface area contributed by atoms with Crippen LogP contribution in [0.5, 0.6) is 0 Å². The van der Waals surface area contributed by atoms with Gasteiger partial charge in [-0.15, -0.1) is 0 Å². The SMILES string of the molecule is Cn1cnc(Cn2cc(C(F)F)nc2-c2cnc(Cl)c(F)c2)n1. The summed E-state index contributed by atoms with van der Waals surface area (Å²) in [5.74, 6) is -0.210. The number of aromatic nitrogens is 6. The first-order chi connectivity index (χ1) is 10.9. The summed E-state index contributed by atoms with van der Waals surface area (Å²) in [7, 11) is 1.69. The number of nitrogens with zero attached hydrogens (tertiary/aromatic N) is 6. The van der Waals surface area contributed by atoms with Crippen molar-refractivity contribution >= 4 is 11.6 Å². The number of aryl methyl sites for hydroxylation is 1. The molecule has 0 spiro atoms. The fourth-order valence-electron chi connectivity index (χ4n) is 2.04. The first-order valence-corrected chi connectivity index (χ1v) is 6.83. The third kappa shape index (κ3) is 3.19. The van der Waals surface area contributed by atoms with Crippen molar-refractivity contribution in [1.29, 1.82) is 0 Å². The Bertz CT molecular complexity index is 844. The molecule has 6 nitrogen and oxygen atoms in total. The van der Waals surface area contributed by atoms with Gasteiger partial charge in [0.15, 0.2) is 16.8 Å². The highest BCUT2D eigenvalue weighted by Gasteiger charge is 2.19. The summed E-state index contributed by atoms with van der Waals surface area (Å²) in [4.78, 5) is 11.6. The molecule has 0 unspecified atom stereocenters. The number of alkyl halides is 2. The molecule has 0 aromatic carbocycles. The van der Waals surface area contributed by atoms with Crippen molar-refractivity contribution < 1.29 is 13.2 Å². The minimum Gasteiger partial charge on any atom is -0.323 e. The Morgan fingerprint density at radius 3 is 2.70 bits per heavy atom. The zero-order chi connectivity index (χ0) is 16.6. The van der Waals surface area contributed by atoms with Crippen LogP contribution in [0, 0.1) is 5.82 Å². The van der Waals surface area contributed by atoms with Crippen LogP contribution in [0.15, 0.2) is 24.8 Å². The minimum atomic E-state index is -2.75. The summed E-state index contributed by atoms with van der Waals surface area (Å²) in [6.07, 6.45) is 1.19. The van der Waals surface area contributed by atoms with E-state index >= 15 is 0 Å². The third-order valence-corrected chi connectivity index (χ3v) is 3.31. The Balaban J connectivity index is 2.05. The van der Waals surface area contributed by atoms with Crippen LogP contribution in [0.1, 0.15) is 17.9 Å². The molecule has 0 atom stereocenters. The Morgan fingerprint density at radius 1 is 1.30 bits per heavy atom. The molecule has 0 N–H and O–H groups in total. The molecule has 3 rings (SSSR count). The van der Waals surface area contributed by atoms with Crippen molar-refractivity contribution in [3.05, 3.63) is 47.3 Å². The molecule has 0 bridgehead atoms. The number of rotatable bonds is 4. The summed E-state index contributed by atoms with van der Waals surface area (Å²) in [5.41, 5.74) is -0.193. The fourth-order valence-corrected chi connectivity index (χ4v) is 2.15. The van der Waals surface area contributed by atoms with E-state index in [2.05, 4.69) is 20.1 Å². The lowest BCUT2D eigenvalue weighted by Gasteiger charge is -2.05. The van der Waals surface area contributed by atoms with E-state index in [9.17, 15) is 13.2 Å². The highest BCUT2D eigenvalue weighted by molar-refractivity contribution is 6.29. The van der Waals surface area contributed by atoms with Gasteiger partial charge in [-0.2, -0.15) is 5.10 Å². The van der Waals surface area contributed by atoms with Crippen LogP contribution in [-0.4, -0.2) is 29.3 Å². The minimum absolute atomic E-state index is 0.111. The van der Waals surface area contributed by atoms with Gasteiger partial charge in [0.1, 0.15) is 17.8 Å². The maximum absolute atomic E-state index is 13.6. The van der Waals surface area contributed by atoms with Crippen molar-refractivity contribution in [3.63, 3.8) is 0 Å². The number of hydrogen-bond donors (Lipinski definition) is 0. The van der Waals surface area contributed by atoms with E-state index in [1.54, 1.807) is 7.05 Å². The molecule has 3 aromatic rings. The average molecular weight is 343 g/mol. The second-order valence-corrected chi connectivity index (χ2v) is 5.11. The average Bonchev–Trinajstić information content (AvgIpc) is 3.09. The summed E-state index contributed by atoms with van der Waals surface area (Å²) >= 11 is 5.54. The summed E-state index contributed by atoms with van der Waals surface area (Å²) in [6, 6.07) is 1.09. The predicted molar refractivity (Wildman–Crippen MR) is 75.5 cm³/mol. The lowest BCUT2D eigenvalue weighted by Crippen LogP contribution is -2.04. The van der Waals surface area contributed by atoms with Crippen molar-refractivity contribution in [2.24, 2.45) is 7.05 Å². The van der Waals surface area contributed by atoms with Crippen molar-refractivity contribution in [1.82, 2.24) is 29.3 Å². The molecule has 23 heavy (non-hydrogen) atoms. The van der Waals surface area contributed by atoms with E-state index < -0.39 is 17.9 Å². The maximum Gasteiger partial charge on any atom is 0.281 e. The highest BCUT2D eigenvalue weighted by atomic mass is 35.5. The Kier molecular flexibility index (Phi) is 4.03. The summed E-state index contributed by atoms with van der Waals surface area (Å²) in [5, 5.41) is 3.79. The lowest BCUT2D eigenvalue weighted by atomic mass is 10.2. The third-order valence-electron chi connectivity index (χ3n) is 3.03. The Morgan fingerprint density at radius 2 is 2.09 bits per heavy atom. The molecule has 0 aliphatic rings. The van der Waals surface area contributed by atoms with Gasteiger partial charge in [0.2, 0.25) is 0 Å². The molecule has 3 aromatic heterocycles. The highest BCUT2D eigenvalue weighted by Crippen LogP contribution is 2.26. The number of imidazole rings is 1. The molecule has 0 saturated heterocycles. The largest absolute Gasteiger partial charge is 0.323 e. The molecule has 10 heteroatoms. The maximum atomic E-state index is 13.6. The topological polar surface area (TPSA) is 61.4 Å². The lowest BCUT2D eigenvalue weighted by molar-refractivity contribution is 0.146. The molecule has 0 aliphatic heterocycles. The fraction of sp³-hybridized carbons (Fsp3) is 0.231. The molecule has 0 fully saturated rings. The van der Waals surface area contributed by atoms with Crippen molar-refractivity contribution in [3.8, 4) is 11.4 Å². The predicted octanol–water partition coefficient (Wildman–Crippen LogP) is 2.85. The zero-order valence-electron chi connectivity index (χ0n) is 11.8. The molecule has 120 valence electrons. The molecule has 0 amide bonds. The van der Waals surface area contributed by atoms with Gasteiger partial charge in [-0.05, 0) is 6.07 Å². The van der Waals surface area contributed by atoms with E-state index in [0.29, 0.717) is 5.82 Å². The normalized spacial score (nSPS) is 11.4. The van der Waals surface area contributed by atoms with Crippen LogP contribution in [0.25, 0.3) is 11.4 Å². The van der Waals surface area contributed by atoms with Crippen LogP contribution in [-0.2, 0) is 13.6 Å². The molecular weight excluding hydrogens is 333 g/mol. The molecule has 0 saturated carbocycles. The van der Waals surface area contributed by atoms with E-state index in [1.807, 2.05) is 0 Å². The number of pyridine rings is 1. The van der Waals surface area contributed by atoms with Gasteiger partial charge in [0.05, 0.1) is 6.54 Å². The second-order valence-electron chi connectivity index (χ2n) is 4.75. The van der Waals surface area contributed by atoms with Crippen molar-refractivity contribution in [2.75, 3.05) is 0 Å². The second kappa shape index (κ2) is 5.99. The van der Waals surface area contributed by atoms with E-state index in [1.165, 1.54) is 28.0 Å². The Labute approximate surface area is 133 Å². The summed E-state index contributed by atoms with van der Waals surface area (Å²) < 4.78 is 42.4. The van der Waals surface area contributed by atoms with Gasteiger partial charge < -0.3 is 4.57 Å². The Hall–Kier alpha value is -2.42. The standard InChI is InChI=1S/C13H10ClF3N6/c1-22-6-19-10(21-22)5-23-4-9(12(16)17)20-13(23)7-2-8(15)11(14)18-3-7/h2-4,6,12H,5H2,1H3. The van der Waals surface area contributed by atoms with E-state index in [4.69, 9.17) is 11.6 Å². The monoisotopic (exact) mass is 342 g/mol.